The zero-order valence-corrected chi connectivity index (χ0v) is 17.0. The van der Waals surface area contributed by atoms with Gasteiger partial charge in [-0.1, -0.05) is 35.9 Å². The Morgan fingerprint density at radius 2 is 1.79 bits per heavy atom. The Morgan fingerprint density at radius 1 is 1.07 bits per heavy atom. The van der Waals surface area contributed by atoms with E-state index < -0.39 is 5.76 Å². The molecular formula is C22H24ClN3O3. The van der Waals surface area contributed by atoms with Crippen LogP contribution in [-0.2, 0) is 24.4 Å². The molecule has 2 aromatic carbocycles. The van der Waals surface area contributed by atoms with E-state index in [9.17, 15) is 9.59 Å². The Morgan fingerprint density at radius 3 is 2.55 bits per heavy atom. The molecule has 0 saturated carbocycles. The molecule has 2 heterocycles. The number of hydrogen-bond donors (Lipinski definition) is 1. The van der Waals surface area contributed by atoms with Crippen LogP contribution >= 0.6 is 11.6 Å². The Labute approximate surface area is 174 Å². The Balaban J connectivity index is 1.28. The molecular weight excluding hydrogens is 390 g/mol. The molecule has 0 radical (unpaired) electrons. The highest BCUT2D eigenvalue weighted by atomic mass is 35.5. The number of aryl methyl sites for hydroxylation is 1. The number of aromatic nitrogens is 1. The van der Waals surface area contributed by atoms with Crippen LogP contribution in [0.15, 0.2) is 51.7 Å². The second kappa shape index (κ2) is 8.84. The van der Waals surface area contributed by atoms with Crippen LogP contribution in [0.25, 0.3) is 11.1 Å². The van der Waals surface area contributed by atoms with Gasteiger partial charge in [0.05, 0.1) is 5.52 Å². The number of fused-ring (bicyclic) bond motifs is 1. The summed E-state index contributed by atoms with van der Waals surface area (Å²) >= 11 is 5.92. The Hall–Kier alpha value is -2.57. The van der Waals surface area contributed by atoms with Crippen molar-refractivity contribution in [2.24, 2.45) is 0 Å². The summed E-state index contributed by atoms with van der Waals surface area (Å²) in [7, 11) is 0. The monoisotopic (exact) mass is 413 g/mol. The molecule has 4 rings (SSSR count). The zero-order chi connectivity index (χ0) is 20.2. The molecule has 1 saturated heterocycles. The number of halogens is 1. The molecule has 1 amide bonds. The van der Waals surface area contributed by atoms with Crippen LogP contribution in [0.1, 0.15) is 30.4 Å². The van der Waals surface area contributed by atoms with Gasteiger partial charge in [-0.15, -0.1) is 0 Å². The van der Waals surface area contributed by atoms with Gasteiger partial charge in [0.25, 0.3) is 0 Å². The summed E-state index contributed by atoms with van der Waals surface area (Å²) in [5.41, 5.74) is 3.43. The Bertz CT molecular complexity index is 1050. The number of hydrogen-bond acceptors (Lipinski definition) is 4. The number of rotatable bonds is 7. The van der Waals surface area contributed by atoms with Crippen LogP contribution < -0.4 is 11.1 Å². The first-order valence-electron chi connectivity index (χ1n) is 9.94. The van der Waals surface area contributed by atoms with E-state index in [1.807, 2.05) is 0 Å². The number of nitrogens with one attached hydrogen (secondary N) is 1. The summed E-state index contributed by atoms with van der Waals surface area (Å²) in [5.74, 6) is -0.593. The van der Waals surface area contributed by atoms with Gasteiger partial charge in [-0.05, 0) is 49.2 Å². The van der Waals surface area contributed by atoms with E-state index in [4.69, 9.17) is 16.0 Å². The molecule has 29 heavy (non-hydrogen) atoms. The molecule has 1 fully saturated rings. The van der Waals surface area contributed by atoms with Crippen molar-refractivity contribution in [1.29, 1.82) is 0 Å². The normalized spacial score (nSPS) is 14.5. The summed E-state index contributed by atoms with van der Waals surface area (Å²) in [4.78, 5) is 26.7. The SMILES string of the molecule is O=C(CCn1c(=O)oc2cc(Cl)ccc21)NCc1ccc(CN2CCCC2)cc1. The fraction of sp³-hybridized carbons (Fsp3) is 0.364. The molecule has 1 aliphatic rings. The minimum atomic E-state index is -0.483. The molecule has 0 spiro atoms. The molecule has 0 bridgehead atoms. The van der Waals surface area contributed by atoms with Crippen molar-refractivity contribution in [2.75, 3.05) is 13.1 Å². The van der Waals surface area contributed by atoms with E-state index in [2.05, 4.69) is 34.5 Å². The largest absolute Gasteiger partial charge is 0.419 e. The van der Waals surface area contributed by atoms with E-state index in [1.54, 1.807) is 18.2 Å². The molecule has 0 aliphatic carbocycles. The van der Waals surface area contributed by atoms with Crippen LogP contribution in [0.5, 0.6) is 0 Å². The molecule has 0 unspecified atom stereocenters. The van der Waals surface area contributed by atoms with Gasteiger partial charge >= 0.3 is 5.76 Å². The number of nitrogens with zero attached hydrogens (tertiary/aromatic N) is 2. The summed E-state index contributed by atoms with van der Waals surface area (Å²) in [6.07, 6.45) is 2.78. The quantitative estimate of drug-likeness (QED) is 0.643. The lowest BCUT2D eigenvalue weighted by Crippen LogP contribution is -2.25. The third-order valence-electron chi connectivity index (χ3n) is 5.31. The maximum absolute atomic E-state index is 12.2. The average Bonchev–Trinajstić information content (AvgIpc) is 3.32. The molecule has 6 nitrogen and oxygen atoms in total. The maximum atomic E-state index is 12.2. The average molecular weight is 414 g/mol. The lowest BCUT2D eigenvalue weighted by molar-refractivity contribution is -0.121. The summed E-state index contributed by atoms with van der Waals surface area (Å²) in [6.45, 7) is 4.08. The second-order valence-electron chi connectivity index (χ2n) is 7.46. The second-order valence-corrected chi connectivity index (χ2v) is 7.89. The van der Waals surface area contributed by atoms with Gasteiger partial charge in [-0.2, -0.15) is 0 Å². The maximum Gasteiger partial charge on any atom is 0.419 e. The highest BCUT2D eigenvalue weighted by Gasteiger charge is 2.12. The third-order valence-corrected chi connectivity index (χ3v) is 5.55. The van der Waals surface area contributed by atoms with Crippen molar-refractivity contribution in [3.05, 3.63) is 69.2 Å². The minimum absolute atomic E-state index is 0.110. The van der Waals surface area contributed by atoms with Gasteiger partial charge in [0, 0.05) is 37.1 Å². The van der Waals surface area contributed by atoms with E-state index in [0.29, 0.717) is 22.7 Å². The van der Waals surface area contributed by atoms with Crippen molar-refractivity contribution in [3.63, 3.8) is 0 Å². The molecule has 152 valence electrons. The van der Waals surface area contributed by atoms with Crippen LogP contribution in [0.4, 0.5) is 0 Å². The topological polar surface area (TPSA) is 67.5 Å². The first-order chi connectivity index (χ1) is 14.1. The van der Waals surface area contributed by atoms with Gasteiger partial charge in [-0.25, -0.2) is 4.79 Å². The van der Waals surface area contributed by atoms with Gasteiger partial charge in [0.1, 0.15) is 0 Å². The molecule has 0 atom stereocenters. The first-order valence-corrected chi connectivity index (χ1v) is 10.3. The van der Waals surface area contributed by atoms with E-state index >= 15 is 0 Å². The van der Waals surface area contributed by atoms with Crippen LogP contribution in [0, 0.1) is 0 Å². The fourth-order valence-corrected chi connectivity index (χ4v) is 3.88. The van der Waals surface area contributed by atoms with Gasteiger partial charge in [0.15, 0.2) is 5.58 Å². The standard InChI is InChI=1S/C22H24ClN3O3/c23-18-7-8-19-20(13-18)29-22(28)26(19)12-9-21(27)24-14-16-3-5-17(6-4-16)15-25-10-1-2-11-25/h3-8,13H,1-2,9-12,14-15H2,(H,24,27). The predicted molar refractivity (Wildman–Crippen MR) is 113 cm³/mol. The van der Waals surface area contributed by atoms with Crippen LogP contribution in [-0.4, -0.2) is 28.5 Å². The van der Waals surface area contributed by atoms with E-state index in [0.717, 1.165) is 12.1 Å². The van der Waals surface area contributed by atoms with E-state index in [1.165, 1.54) is 36.1 Å². The Kier molecular flexibility index (Phi) is 6.02. The van der Waals surface area contributed by atoms with Gasteiger partial charge in [0.2, 0.25) is 5.91 Å². The van der Waals surface area contributed by atoms with Crippen LogP contribution in [0.3, 0.4) is 0 Å². The lowest BCUT2D eigenvalue weighted by atomic mass is 10.1. The molecule has 7 heteroatoms. The zero-order valence-electron chi connectivity index (χ0n) is 16.2. The van der Waals surface area contributed by atoms with Gasteiger partial charge in [-0.3, -0.25) is 14.3 Å². The number of carbonyl (C=O) groups is 1. The molecule has 3 aromatic rings. The van der Waals surface area contributed by atoms with Crippen molar-refractivity contribution in [2.45, 2.75) is 38.9 Å². The molecule has 1 aromatic heterocycles. The first kappa shape index (κ1) is 19.7. The summed E-state index contributed by atoms with van der Waals surface area (Å²) in [5, 5.41) is 3.42. The van der Waals surface area contributed by atoms with Crippen molar-refractivity contribution in [1.82, 2.24) is 14.8 Å². The summed E-state index contributed by atoms with van der Waals surface area (Å²) < 4.78 is 6.64. The highest BCUT2D eigenvalue weighted by molar-refractivity contribution is 6.31. The molecule has 1 aliphatic heterocycles. The smallest absolute Gasteiger partial charge is 0.408 e. The van der Waals surface area contributed by atoms with Crippen molar-refractivity contribution < 1.29 is 9.21 Å². The van der Waals surface area contributed by atoms with Gasteiger partial charge < -0.3 is 9.73 Å². The third kappa shape index (κ3) is 4.89. The van der Waals surface area contributed by atoms with Crippen molar-refractivity contribution in [3.8, 4) is 0 Å². The number of amides is 1. The van der Waals surface area contributed by atoms with E-state index in [-0.39, 0.29) is 18.9 Å². The lowest BCUT2D eigenvalue weighted by Gasteiger charge is -2.14. The minimum Gasteiger partial charge on any atom is -0.408 e. The van der Waals surface area contributed by atoms with Crippen molar-refractivity contribution >= 4 is 28.6 Å². The molecule has 1 N–H and O–H groups in total. The number of benzene rings is 2. The predicted octanol–water partition coefficient (Wildman–Crippen LogP) is 3.55. The number of likely N-dealkylation sites (tertiary alicyclic amines) is 1. The number of oxazole rings is 1. The highest BCUT2D eigenvalue weighted by Crippen LogP contribution is 2.18. The number of carbonyl (C=O) groups excluding carboxylic acids is 1. The van der Waals surface area contributed by atoms with Crippen LogP contribution in [0.2, 0.25) is 5.02 Å². The summed E-state index contributed by atoms with van der Waals surface area (Å²) in [6, 6.07) is 13.4. The fourth-order valence-electron chi connectivity index (χ4n) is 3.72.